The van der Waals surface area contributed by atoms with Crippen LogP contribution in [0.15, 0.2) is 11.6 Å². The number of nitrogens with one attached hydrogen (secondary N) is 1. The molecule has 0 saturated carbocycles. The molecule has 0 spiro atoms. The van der Waals surface area contributed by atoms with Crippen molar-refractivity contribution >= 4 is 28.3 Å². The average Bonchev–Trinajstić information content (AvgIpc) is 3.11. The smallest absolute Gasteiger partial charge is 0.410 e. The maximum Gasteiger partial charge on any atom is 0.410 e. The summed E-state index contributed by atoms with van der Waals surface area (Å²) in [5.41, 5.74) is 0.740. The number of piperidine rings is 1. The first-order valence-electron chi connectivity index (χ1n) is 8.96. The van der Waals surface area contributed by atoms with Crippen LogP contribution in [0.25, 0.3) is 4.96 Å². The highest BCUT2D eigenvalue weighted by Crippen LogP contribution is 2.21. The third-order valence-corrected chi connectivity index (χ3v) is 5.16. The Morgan fingerprint density at radius 3 is 2.88 bits per heavy atom. The van der Waals surface area contributed by atoms with Gasteiger partial charge in [-0.05, 0) is 47.0 Å². The topological polar surface area (TPSA) is 75.9 Å². The Morgan fingerprint density at radius 1 is 1.38 bits per heavy atom. The number of imidazole rings is 1. The lowest BCUT2D eigenvalue weighted by atomic mass is 10.0. The monoisotopic (exact) mass is 378 g/mol. The Balaban J connectivity index is 1.67. The number of amides is 2. The highest BCUT2D eigenvalue weighted by atomic mass is 32.1. The molecule has 0 bridgehead atoms. The Kier molecular flexibility index (Phi) is 5.22. The van der Waals surface area contributed by atoms with Gasteiger partial charge in [-0.1, -0.05) is 0 Å². The van der Waals surface area contributed by atoms with Crippen molar-refractivity contribution < 1.29 is 14.3 Å². The van der Waals surface area contributed by atoms with Crippen LogP contribution < -0.4 is 5.32 Å². The van der Waals surface area contributed by atoms with Gasteiger partial charge in [0.1, 0.15) is 11.3 Å². The Morgan fingerprint density at radius 2 is 2.15 bits per heavy atom. The molecule has 3 rings (SSSR count). The number of thiazole rings is 1. The summed E-state index contributed by atoms with van der Waals surface area (Å²) in [6.45, 7) is 8.49. The molecule has 3 heterocycles. The van der Waals surface area contributed by atoms with Crippen LogP contribution >= 0.6 is 11.3 Å². The second kappa shape index (κ2) is 7.26. The maximum atomic E-state index is 12.7. The van der Waals surface area contributed by atoms with Gasteiger partial charge >= 0.3 is 6.09 Å². The molecule has 1 aliphatic heterocycles. The van der Waals surface area contributed by atoms with Crippen LogP contribution in [0.3, 0.4) is 0 Å². The van der Waals surface area contributed by atoms with Crippen molar-refractivity contribution in [2.24, 2.45) is 0 Å². The van der Waals surface area contributed by atoms with Gasteiger partial charge in [0.25, 0.3) is 5.91 Å². The minimum atomic E-state index is -0.526. The molecule has 2 amide bonds. The van der Waals surface area contributed by atoms with E-state index in [-0.39, 0.29) is 18.0 Å². The van der Waals surface area contributed by atoms with Gasteiger partial charge in [-0.2, -0.15) is 0 Å². The van der Waals surface area contributed by atoms with Gasteiger partial charge in [-0.15, -0.1) is 11.3 Å². The van der Waals surface area contributed by atoms with Crippen LogP contribution in [-0.4, -0.2) is 51.0 Å². The first-order valence-corrected chi connectivity index (χ1v) is 9.84. The van der Waals surface area contributed by atoms with Crippen molar-refractivity contribution in [3.05, 3.63) is 23.0 Å². The molecule has 0 radical (unpaired) electrons. The van der Waals surface area contributed by atoms with E-state index in [0.717, 1.165) is 24.2 Å². The summed E-state index contributed by atoms with van der Waals surface area (Å²) >= 11 is 1.50. The van der Waals surface area contributed by atoms with E-state index in [2.05, 4.69) is 10.3 Å². The Labute approximate surface area is 157 Å². The number of aromatic nitrogens is 2. The first-order chi connectivity index (χ1) is 12.3. The number of likely N-dealkylation sites (tertiary alicyclic amines) is 1. The molecule has 2 aromatic heterocycles. The second-order valence-corrected chi connectivity index (χ2v) is 8.51. The molecule has 7 nitrogen and oxygen atoms in total. The van der Waals surface area contributed by atoms with Crippen molar-refractivity contribution in [1.82, 2.24) is 19.6 Å². The summed E-state index contributed by atoms with van der Waals surface area (Å²) < 4.78 is 7.32. The van der Waals surface area contributed by atoms with Crippen molar-refractivity contribution in [3.63, 3.8) is 0 Å². The third kappa shape index (κ3) is 4.00. The van der Waals surface area contributed by atoms with Gasteiger partial charge in [0, 0.05) is 24.7 Å². The molecule has 1 saturated heterocycles. The molecule has 1 fully saturated rings. The zero-order valence-electron chi connectivity index (χ0n) is 15.7. The van der Waals surface area contributed by atoms with Crippen LogP contribution in [0.5, 0.6) is 0 Å². The van der Waals surface area contributed by atoms with Crippen molar-refractivity contribution in [2.45, 2.75) is 58.6 Å². The molecule has 0 aromatic carbocycles. The number of hydrogen-bond donors (Lipinski definition) is 1. The predicted molar refractivity (Wildman–Crippen MR) is 101 cm³/mol. The fourth-order valence-corrected chi connectivity index (χ4v) is 4.00. The number of fused-ring (bicyclic) bond motifs is 1. The number of carbonyl (C=O) groups is 2. The predicted octanol–water partition coefficient (Wildman–Crippen LogP) is 3.22. The summed E-state index contributed by atoms with van der Waals surface area (Å²) in [5, 5.41) is 4.89. The standard InChI is InChI=1S/C18H26N4O3S/c1-12-14(22-9-10-26-16(22)20-12)15(23)19-11-13-7-5-6-8-21(13)17(24)25-18(2,3)4/h9-10,13H,5-8,11H2,1-4H3,(H,19,23)/t13-/m0/s1. The highest BCUT2D eigenvalue weighted by molar-refractivity contribution is 7.15. The molecule has 8 heteroatoms. The number of carbonyl (C=O) groups excluding carboxylic acids is 2. The largest absolute Gasteiger partial charge is 0.444 e. The van der Waals surface area contributed by atoms with E-state index in [4.69, 9.17) is 4.74 Å². The zero-order chi connectivity index (χ0) is 18.9. The summed E-state index contributed by atoms with van der Waals surface area (Å²) in [6.07, 6.45) is 4.40. The fraction of sp³-hybridized carbons (Fsp3) is 0.611. The molecule has 142 valence electrons. The van der Waals surface area contributed by atoms with Crippen LogP contribution in [0.1, 0.15) is 56.2 Å². The summed E-state index contributed by atoms with van der Waals surface area (Å²) in [5.74, 6) is -0.164. The van der Waals surface area contributed by atoms with E-state index in [0.29, 0.717) is 24.5 Å². The van der Waals surface area contributed by atoms with E-state index in [1.54, 1.807) is 4.90 Å². The lowest BCUT2D eigenvalue weighted by Gasteiger charge is -2.36. The number of rotatable bonds is 3. The quantitative estimate of drug-likeness (QED) is 0.890. The minimum absolute atomic E-state index is 0.0475. The van der Waals surface area contributed by atoms with Gasteiger partial charge < -0.3 is 15.0 Å². The van der Waals surface area contributed by atoms with Gasteiger partial charge in [-0.3, -0.25) is 9.20 Å². The third-order valence-electron chi connectivity index (χ3n) is 4.40. The van der Waals surface area contributed by atoms with Gasteiger partial charge in [0.2, 0.25) is 0 Å². The fourth-order valence-electron chi connectivity index (χ4n) is 3.24. The van der Waals surface area contributed by atoms with Gasteiger partial charge in [0.05, 0.1) is 11.7 Å². The molecular formula is C18H26N4O3S. The van der Waals surface area contributed by atoms with E-state index < -0.39 is 5.60 Å². The van der Waals surface area contributed by atoms with Crippen molar-refractivity contribution in [2.75, 3.05) is 13.1 Å². The molecule has 1 atom stereocenters. The van der Waals surface area contributed by atoms with E-state index in [1.807, 2.05) is 43.7 Å². The molecule has 26 heavy (non-hydrogen) atoms. The van der Waals surface area contributed by atoms with Crippen LogP contribution in [0, 0.1) is 6.92 Å². The molecule has 1 N–H and O–H groups in total. The normalized spacial score (nSPS) is 18.2. The Bertz CT molecular complexity index is 805. The summed E-state index contributed by atoms with van der Waals surface area (Å²) in [4.78, 5) is 32.1. The Hall–Kier alpha value is -2.09. The first kappa shape index (κ1) is 18.7. The van der Waals surface area contributed by atoms with Gasteiger partial charge in [-0.25, -0.2) is 9.78 Å². The molecule has 2 aromatic rings. The number of nitrogens with zero attached hydrogens (tertiary/aromatic N) is 3. The molecular weight excluding hydrogens is 352 g/mol. The second-order valence-electron chi connectivity index (χ2n) is 7.63. The van der Waals surface area contributed by atoms with Crippen molar-refractivity contribution in [3.8, 4) is 0 Å². The minimum Gasteiger partial charge on any atom is -0.444 e. The number of hydrogen-bond acceptors (Lipinski definition) is 5. The lowest BCUT2D eigenvalue weighted by Crippen LogP contribution is -2.50. The molecule has 0 aliphatic carbocycles. The van der Waals surface area contributed by atoms with E-state index in [9.17, 15) is 9.59 Å². The van der Waals surface area contributed by atoms with Crippen LogP contribution in [0.2, 0.25) is 0 Å². The SMILES string of the molecule is Cc1nc2sccn2c1C(=O)NC[C@@H]1CCCCN1C(=O)OC(C)(C)C. The lowest BCUT2D eigenvalue weighted by molar-refractivity contribution is 0.00985. The zero-order valence-corrected chi connectivity index (χ0v) is 16.6. The van der Waals surface area contributed by atoms with Gasteiger partial charge in [0.15, 0.2) is 4.96 Å². The number of ether oxygens (including phenoxy) is 1. The average molecular weight is 378 g/mol. The highest BCUT2D eigenvalue weighted by Gasteiger charge is 2.31. The summed E-state index contributed by atoms with van der Waals surface area (Å²) in [6, 6.07) is -0.0475. The molecule has 1 aliphatic rings. The van der Waals surface area contributed by atoms with Crippen LogP contribution in [-0.2, 0) is 4.74 Å². The maximum absolute atomic E-state index is 12.7. The summed E-state index contributed by atoms with van der Waals surface area (Å²) in [7, 11) is 0. The van der Waals surface area contributed by atoms with E-state index in [1.165, 1.54) is 11.3 Å². The molecule has 0 unspecified atom stereocenters. The number of aryl methyl sites for hydroxylation is 1. The van der Waals surface area contributed by atoms with Crippen molar-refractivity contribution in [1.29, 1.82) is 0 Å². The van der Waals surface area contributed by atoms with E-state index >= 15 is 0 Å². The van der Waals surface area contributed by atoms with Crippen LogP contribution in [0.4, 0.5) is 4.79 Å².